The van der Waals surface area contributed by atoms with Gasteiger partial charge in [-0.1, -0.05) is 18.2 Å². The standard InChI is InChI=1S/C10H6O5/c11-8-7(9(12)13)5-3-1-2-4-6(5)15-10(8)14/h1-4,11H,(H,12,13). The monoisotopic (exact) mass is 206 g/mol. The van der Waals surface area contributed by atoms with Crippen LogP contribution in [0.3, 0.4) is 0 Å². The van der Waals surface area contributed by atoms with Gasteiger partial charge in [-0.2, -0.15) is 0 Å². The molecular weight excluding hydrogens is 200 g/mol. The molecular formula is C10H6O5. The maximum Gasteiger partial charge on any atom is 0.379 e. The van der Waals surface area contributed by atoms with Gasteiger partial charge in [0, 0.05) is 5.39 Å². The molecule has 1 aromatic carbocycles. The quantitative estimate of drug-likeness (QED) is 0.684. The van der Waals surface area contributed by atoms with Gasteiger partial charge in [-0.25, -0.2) is 9.59 Å². The molecule has 0 amide bonds. The second kappa shape index (κ2) is 3.13. The Balaban J connectivity index is 3.02. The predicted octanol–water partition coefficient (Wildman–Crippen LogP) is 1.20. The Hall–Kier alpha value is -2.30. The average molecular weight is 206 g/mol. The van der Waals surface area contributed by atoms with Crippen molar-refractivity contribution in [2.24, 2.45) is 0 Å². The van der Waals surface area contributed by atoms with E-state index >= 15 is 0 Å². The van der Waals surface area contributed by atoms with Crippen molar-refractivity contribution in [1.29, 1.82) is 0 Å². The third-order valence-electron chi connectivity index (χ3n) is 2.00. The molecule has 0 aliphatic carbocycles. The highest BCUT2D eigenvalue weighted by Gasteiger charge is 2.18. The predicted molar refractivity (Wildman–Crippen MR) is 51.1 cm³/mol. The van der Waals surface area contributed by atoms with E-state index in [-0.39, 0.29) is 11.0 Å². The summed E-state index contributed by atoms with van der Waals surface area (Å²) in [5, 5.41) is 18.3. The zero-order valence-electron chi connectivity index (χ0n) is 7.43. The SMILES string of the molecule is O=C(O)c1c(O)c(=O)oc2ccccc12. The zero-order valence-corrected chi connectivity index (χ0v) is 7.43. The molecule has 5 nitrogen and oxygen atoms in total. The van der Waals surface area contributed by atoms with E-state index in [1.165, 1.54) is 12.1 Å². The number of carboxylic acids is 1. The first kappa shape index (κ1) is 9.26. The second-order valence-electron chi connectivity index (χ2n) is 2.91. The number of carbonyl (C=O) groups is 1. The number of para-hydroxylation sites is 1. The van der Waals surface area contributed by atoms with Crippen LogP contribution in [0.25, 0.3) is 11.0 Å². The number of aromatic carboxylic acids is 1. The van der Waals surface area contributed by atoms with E-state index in [9.17, 15) is 14.7 Å². The van der Waals surface area contributed by atoms with Crippen molar-refractivity contribution in [3.8, 4) is 5.75 Å². The summed E-state index contributed by atoms with van der Waals surface area (Å²) >= 11 is 0. The van der Waals surface area contributed by atoms with Crippen molar-refractivity contribution in [3.05, 3.63) is 40.2 Å². The third kappa shape index (κ3) is 1.34. The Morgan fingerprint density at radius 1 is 1.27 bits per heavy atom. The van der Waals surface area contributed by atoms with Crippen molar-refractivity contribution in [2.75, 3.05) is 0 Å². The summed E-state index contributed by atoms with van der Waals surface area (Å²) in [6.45, 7) is 0. The summed E-state index contributed by atoms with van der Waals surface area (Å²) in [7, 11) is 0. The molecule has 2 aromatic rings. The molecule has 1 heterocycles. The molecule has 0 saturated carbocycles. The normalized spacial score (nSPS) is 10.4. The summed E-state index contributed by atoms with van der Waals surface area (Å²) in [4.78, 5) is 21.9. The minimum absolute atomic E-state index is 0.137. The van der Waals surface area contributed by atoms with E-state index in [1.807, 2.05) is 0 Å². The maximum atomic E-state index is 11.1. The lowest BCUT2D eigenvalue weighted by molar-refractivity contribution is 0.0695. The lowest BCUT2D eigenvalue weighted by Crippen LogP contribution is -2.07. The van der Waals surface area contributed by atoms with Gasteiger partial charge in [0.15, 0.2) is 0 Å². The summed E-state index contributed by atoms with van der Waals surface area (Å²) in [5.74, 6) is -2.24. The maximum absolute atomic E-state index is 11.1. The van der Waals surface area contributed by atoms with Crippen molar-refractivity contribution in [1.82, 2.24) is 0 Å². The first-order valence-corrected chi connectivity index (χ1v) is 4.09. The van der Waals surface area contributed by atoms with E-state index in [4.69, 9.17) is 9.52 Å². The van der Waals surface area contributed by atoms with Gasteiger partial charge >= 0.3 is 11.6 Å². The summed E-state index contributed by atoms with van der Waals surface area (Å²) in [5.41, 5.74) is -1.34. The number of rotatable bonds is 1. The number of benzene rings is 1. The molecule has 2 rings (SSSR count). The van der Waals surface area contributed by atoms with Crippen LogP contribution in [0, 0.1) is 0 Å². The van der Waals surface area contributed by atoms with E-state index in [0.29, 0.717) is 0 Å². The van der Waals surface area contributed by atoms with Gasteiger partial charge < -0.3 is 14.6 Å². The van der Waals surface area contributed by atoms with Crippen molar-refractivity contribution in [3.63, 3.8) is 0 Å². The van der Waals surface area contributed by atoms with Gasteiger partial charge in [-0.05, 0) is 6.07 Å². The Morgan fingerprint density at radius 2 is 1.93 bits per heavy atom. The van der Waals surface area contributed by atoms with Crippen LogP contribution < -0.4 is 5.63 Å². The van der Waals surface area contributed by atoms with E-state index < -0.39 is 22.9 Å². The van der Waals surface area contributed by atoms with E-state index in [2.05, 4.69) is 0 Å². The number of hydrogen-bond acceptors (Lipinski definition) is 4. The molecule has 0 saturated heterocycles. The fourth-order valence-corrected chi connectivity index (χ4v) is 1.36. The summed E-state index contributed by atoms with van der Waals surface area (Å²) in [6.07, 6.45) is 0. The lowest BCUT2D eigenvalue weighted by atomic mass is 10.1. The van der Waals surface area contributed by atoms with Crippen LogP contribution in [-0.4, -0.2) is 16.2 Å². The van der Waals surface area contributed by atoms with Crippen LogP contribution in [0.15, 0.2) is 33.5 Å². The van der Waals surface area contributed by atoms with Crippen LogP contribution in [-0.2, 0) is 0 Å². The summed E-state index contributed by atoms with van der Waals surface area (Å²) in [6, 6.07) is 6.12. The first-order chi connectivity index (χ1) is 7.11. The Labute approximate surface area is 83.2 Å². The molecule has 0 spiro atoms. The molecule has 2 N–H and O–H groups in total. The van der Waals surface area contributed by atoms with Gasteiger partial charge in [0.1, 0.15) is 11.1 Å². The number of aromatic hydroxyl groups is 1. The van der Waals surface area contributed by atoms with Crippen LogP contribution in [0.1, 0.15) is 10.4 Å². The topological polar surface area (TPSA) is 87.7 Å². The van der Waals surface area contributed by atoms with Crippen molar-refractivity contribution < 1.29 is 19.4 Å². The van der Waals surface area contributed by atoms with Crippen LogP contribution in [0.4, 0.5) is 0 Å². The van der Waals surface area contributed by atoms with Crippen LogP contribution in [0.5, 0.6) is 5.75 Å². The highest BCUT2D eigenvalue weighted by Crippen LogP contribution is 2.23. The molecule has 0 fully saturated rings. The van der Waals surface area contributed by atoms with Crippen molar-refractivity contribution in [2.45, 2.75) is 0 Å². The number of fused-ring (bicyclic) bond motifs is 1. The van der Waals surface area contributed by atoms with Crippen molar-refractivity contribution >= 4 is 16.9 Å². The minimum atomic E-state index is -1.36. The fraction of sp³-hybridized carbons (Fsp3) is 0. The Bertz CT molecular complexity index is 596. The van der Waals surface area contributed by atoms with E-state index in [1.54, 1.807) is 12.1 Å². The molecule has 15 heavy (non-hydrogen) atoms. The Morgan fingerprint density at radius 3 is 2.60 bits per heavy atom. The largest absolute Gasteiger partial charge is 0.501 e. The minimum Gasteiger partial charge on any atom is -0.501 e. The molecule has 76 valence electrons. The molecule has 5 heteroatoms. The van der Waals surface area contributed by atoms with Crippen LogP contribution in [0.2, 0.25) is 0 Å². The smallest absolute Gasteiger partial charge is 0.379 e. The second-order valence-corrected chi connectivity index (χ2v) is 2.91. The highest BCUT2D eigenvalue weighted by atomic mass is 16.4. The average Bonchev–Trinajstić information content (AvgIpc) is 2.19. The zero-order chi connectivity index (χ0) is 11.0. The summed E-state index contributed by atoms with van der Waals surface area (Å²) < 4.78 is 4.71. The molecule has 1 aromatic heterocycles. The van der Waals surface area contributed by atoms with Gasteiger partial charge in [0.05, 0.1) is 0 Å². The number of hydrogen-bond donors (Lipinski definition) is 2. The highest BCUT2D eigenvalue weighted by molar-refractivity contribution is 6.04. The first-order valence-electron chi connectivity index (χ1n) is 4.09. The Kier molecular flexibility index (Phi) is 1.93. The molecule has 0 aliphatic rings. The molecule has 0 radical (unpaired) electrons. The van der Waals surface area contributed by atoms with E-state index in [0.717, 1.165) is 0 Å². The molecule has 0 aliphatic heterocycles. The third-order valence-corrected chi connectivity index (χ3v) is 2.00. The fourth-order valence-electron chi connectivity index (χ4n) is 1.36. The molecule has 0 atom stereocenters. The molecule has 0 unspecified atom stereocenters. The van der Waals surface area contributed by atoms with Gasteiger partial charge in [0.25, 0.3) is 0 Å². The van der Waals surface area contributed by atoms with Gasteiger partial charge in [-0.3, -0.25) is 0 Å². The van der Waals surface area contributed by atoms with Gasteiger partial charge in [0.2, 0.25) is 5.75 Å². The lowest BCUT2D eigenvalue weighted by Gasteiger charge is -2.02. The van der Waals surface area contributed by atoms with Gasteiger partial charge in [-0.15, -0.1) is 0 Å². The number of carboxylic acid groups (broad SMARTS) is 1. The molecule has 0 bridgehead atoms. The van der Waals surface area contributed by atoms with Crippen LogP contribution >= 0.6 is 0 Å².